The number of aromatic nitrogens is 3. The Bertz CT molecular complexity index is 529. The molecule has 0 unspecified atom stereocenters. The predicted molar refractivity (Wildman–Crippen MR) is 65.5 cm³/mol. The normalized spacial score (nSPS) is 10.1. The van der Waals surface area contributed by atoms with E-state index in [9.17, 15) is 4.79 Å². The van der Waals surface area contributed by atoms with Gasteiger partial charge in [-0.3, -0.25) is 9.78 Å². The van der Waals surface area contributed by atoms with Crippen molar-refractivity contribution in [3.05, 3.63) is 48.2 Å². The average molecular weight is 243 g/mol. The van der Waals surface area contributed by atoms with Crippen molar-refractivity contribution >= 4 is 5.78 Å². The Balaban J connectivity index is 2.04. The third-order valence-electron chi connectivity index (χ3n) is 2.49. The van der Waals surface area contributed by atoms with Crippen molar-refractivity contribution in [2.24, 2.45) is 0 Å². The fourth-order valence-corrected chi connectivity index (χ4v) is 1.59. The predicted octanol–water partition coefficient (Wildman–Crippen LogP) is 1.70. The van der Waals surface area contributed by atoms with Gasteiger partial charge < -0.3 is 4.74 Å². The number of rotatable bonds is 5. The highest BCUT2D eigenvalue weighted by atomic mass is 16.5. The summed E-state index contributed by atoms with van der Waals surface area (Å²) in [5.74, 6) is 0.192. The Labute approximate surface area is 105 Å². The van der Waals surface area contributed by atoms with Gasteiger partial charge in [-0.05, 0) is 18.1 Å². The van der Waals surface area contributed by atoms with Crippen molar-refractivity contribution in [1.82, 2.24) is 15.0 Å². The molecule has 0 atom stereocenters. The van der Waals surface area contributed by atoms with Crippen molar-refractivity contribution in [2.45, 2.75) is 12.8 Å². The van der Waals surface area contributed by atoms with Gasteiger partial charge in [0.15, 0.2) is 11.5 Å². The van der Waals surface area contributed by atoms with E-state index >= 15 is 0 Å². The van der Waals surface area contributed by atoms with Crippen LogP contribution in [0, 0.1) is 0 Å². The lowest BCUT2D eigenvalue weighted by molar-refractivity contribution is 0.0974. The molecular weight excluding hydrogens is 230 g/mol. The van der Waals surface area contributed by atoms with Gasteiger partial charge in [0.25, 0.3) is 0 Å². The lowest BCUT2D eigenvalue weighted by Gasteiger charge is -2.04. The van der Waals surface area contributed by atoms with Crippen molar-refractivity contribution < 1.29 is 9.53 Å². The maximum absolute atomic E-state index is 12.0. The molecule has 0 amide bonds. The van der Waals surface area contributed by atoms with E-state index in [-0.39, 0.29) is 17.4 Å². The number of hydrogen-bond donors (Lipinski definition) is 0. The molecule has 2 rings (SSSR count). The molecule has 0 spiro atoms. The van der Waals surface area contributed by atoms with Crippen LogP contribution in [0.1, 0.15) is 22.5 Å². The molecule has 18 heavy (non-hydrogen) atoms. The first-order valence-corrected chi connectivity index (χ1v) is 5.58. The fraction of sp³-hybridized carbons (Fsp3) is 0.231. The number of carbonyl (C=O) groups excluding carboxylic acids is 1. The number of nitrogens with zero attached hydrogens (tertiary/aromatic N) is 3. The standard InChI is InChI=1S/C13H13N3O2/c1-18-13-12(15-7-8-16-13)11(17)5-4-10-3-2-6-14-9-10/h2-3,6-9H,4-5H2,1H3. The van der Waals surface area contributed by atoms with Crippen molar-refractivity contribution in [3.63, 3.8) is 0 Å². The van der Waals surface area contributed by atoms with Gasteiger partial charge in [0.1, 0.15) is 0 Å². The van der Waals surface area contributed by atoms with E-state index in [2.05, 4.69) is 15.0 Å². The minimum Gasteiger partial charge on any atom is -0.479 e. The first-order chi connectivity index (χ1) is 8.81. The Morgan fingerprint density at radius 1 is 1.28 bits per heavy atom. The summed E-state index contributed by atoms with van der Waals surface area (Å²) in [4.78, 5) is 24.0. The summed E-state index contributed by atoms with van der Waals surface area (Å²) in [6.07, 6.45) is 7.43. The van der Waals surface area contributed by atoms with E-state index in [0.717, 1.165) is 5.56 Å². The van der Waals surface area contributed by atoms with E-state index in [1.54, 1.807) is 12.4 Å². The highest BCUT2D eigenvalue weighted by Crippen LogP contribution is 2.14. The average Bonchev–Trinajstić information content (AvgIpc) is 2.45. The summed E-state index contributed by atoms with van der Waals surface area (Å²) in [7, 11) is 1.47. The Kier molecular flexibility index (Phi) is 3.96. The van der Waals surface area contributed by atoms with Crippen LogP contribution in [0.3, 0.4) is 0 Å². The van der Waals surface area contributed by atoms with E-state index in [1.165, 1.54) is 19.5 Å². The molecular formula is C13H13N3O2. The molecule has 2 heterocycles. The van der Waals surface area contributed by atoms with Gasteiger partial charge in [-0.15, -0.1) is 0 Å². The Morgan fingerprint density at radius 3 is 2.83 bits per heavy atom. The number of carbonyl (C=O) groups is 1. The molecule has 5 heteroatoms. The lowest BCUT2D eigenvalue weighted by Crippen LogP contribution is -2.07. The molecule has 0 aliphatic heterocycles. The summed E-state index contributed by atoms with van der Waals surface area (Å²) in [5.41, 5.74) is 1.30. The second kappa shape index (κ2) is 5.86. The molecule has 0 bridgehead atoms. The molecule has 2 aromatic heterocycles. The summed E-state index contributed by atoms with van der Waals surface area (Å²) in [5, 5.41) is 0. The van der Waals surface area contributed by atoms with E-state index < -0.39 is 0 Å². The number of aryl methyl sites for hydroxylation is 1. The maximum Gasteiger partial charge on any atom is 0.243 e. The van der Waals surface area contributed by atoms with Crippen LogP contribution >= 0.6 is 0 Å². The fourth-order valence-electron chi connectivity index (χ4n) is 1.59. The number of Topliss-reactive ketones (excluding diaryl/α,β-unsaturated/α-hetero) is 1. The van der Waals surface area contributed by atoms with E-state index in [4.69, 9.17) is 4.74 Å². The quantitative estimate of drug-likeness (QED) is 0.748. The second-order valence-electron chi connectivity index (χ2n) is 3.70. The molecule has 0 aromatic carbocycles. The number of pyridine rings is 1. The molecule has 0 saturated carbocycles. The van der Waals surface area contributed by atoms with Gasteiger partial charge in [-0.25, -0.2) is 9.97 Å². The van der Waals surface area contributed by atoms with E-state index in [0.29, 0.717) is 12.8 Å². The van der Waals surface area contributed by atoms with Crippen LogP contribution in [-0.4, -0.2) is 27.8 Å². The number of methoxy groups -OCH3 is 1. The van der Waals surface area contributed by atoms with Crippen LogP contribution in [0.25, 0.3) is 0 Å². The van der Waals surface area contributed by atoms with Gasteiger partial charge in [0.2, 0.25) is 5.88 Å². The van der Waals surface area contributed by atoms with Crippen molar-refractivity contribution in [2.75, 3.05) is 7.11 Å². The van der Waals surface area contributed by atoms with Gasteiger partial charge in [-0.1, -0.05) is 6.07 Å². The van der Waals surface area contributed by atoms with Crippen LogP contribution in [-0.2, 0) is 6.42 Å². The Hall–Kier alpha value is -2.30. The number of ketones is 1. The molecule has 0 saturated heterocycles. The summed E-state index contributed by atoms with van der Waals surface area (Å²) in [6.45, 7) is 0. The highest BCUT2D eigenvalue weighted by Gasteiger charge is 2.14. The van der Waals surface area contributed by atoms with Gasteiger partial charge in [0.05, 0.1) is 7.11 Å². The minimum atomic E-state index is -0.0798. The molecule has 0 aliphatic rings. The maximum atomic E-state index is 12.0. The smallest absolute Gasteiger partial charge is 0.243 e. The lowest BCUT2D eigenvalue weighted by atomic mass is 10.1. The molecule has 2 aromatic rings. The number of ether oxygens (including phenoxy) is 1. The summed E-state index contributed by atoms with van der Waals surface area (Å²) < 4.78 is 5.01. The van der Waals surface area contributed by atoms with Crippen molar-refractivity contribution in [3.8, 4) is 5.88 Å². The molecule has 0 radical (unpaired) electrons. The zero-order valence-electron chi connectivity index (χ0n) is 10.0. The molecule has 92 valence electrons. The van der Waals surface area contributed by atoms with Crippen LogP contribution in [0.4, 0.5) is 0 Å². The highest BCUT2D eigenvalue weighted by molar-refractivity contribution is 5.96. The van der Waals surface area contributed by atoms with Crippen molar-refractivity contribution in [1.29, 1.82) is 0 Å². The number of hydrogen-bond acceptors (Lipinski definition) is 5. The summed E-state index contributed by atoms with van der Waals surface area (Å²) in [6, 6.07) is 3.79. The van der Waals surface area contributed by atoms with Crippen LogP contribution in [0.2, 0.25) is 0 Å². The van der Waals surface area contributed by atoms with Gasteiger partial charge >= 0.3 is 0 Å². The zero-order chi connectivity index (χ0) is 12.8. The van der Waals surface area contributed by atoms with Gasteiger partial charge in [0, 0.05) is 31.2 Å². The largest absolute Gasteiger partial charge is 0.479 e. The summed E-state index contributed by atoms with van der Waals surface area (Å²) >= 11 is 0. The molecule has 5 nitrogen and oxygen atoms in total. The monoisotopic (exact) mass is 243 g/mol. The molecule has 0 N–H and O–H groups in total. The topological polar surface area (TPSA) is 65.0 Å². The van der Waals surface area contributed by atoms with E-state index in [1.807, 2.05) is 12.1 Å². The molecule has 0 aliphatic carbocycles. The first kappa shape index (κ1) is 12.2. The first-order valence-electron chi connectivity index (χ1n) is 5.58. The third kappa shape index (κ3) is 2.88. The van der Waals surface area contributed by atoms with Gasteiger partial charge in [-0.2, -0.15) is 0 Å². The molecule has 0 fully saturated rings. The van der Waals surface area contributed by atoms with Crippen LogP contribution in [0.5, 0.6) is 5.88 Å². The van der Waals surface area contributed by atoms with Crippen LogP contribution < -0.4 is 4.74 Å². The second-order valence-corrected chi connectivity index (χ2v) is 3.70. The van der Waals surface area contributed by atoms with Crippen LogP contribution in [0.15, 0.2) is 36.9 Å². The minimum absolute atomic E-state index is 0.0798. The third-order valence-corrected chi connectivity index (χ3v) is 2.49. The zero-order valence-corrected chi connectivity index (χ0v) is 10.0. The SMILES string of the molecule is COc1nccnc1C(=O)CCc1cccnc1. The Morgan fingerprint density at radius 2 is 2.11 bits per heavy atom.